The highest BCUT2D eigenvalue weighted by atomic mass is 32.2. The van der Waals surface area contributed by atoms with Crippen LogP contribution in [0.2, 0.25) is 0 Å². The van der Waals surface area contributed by atoms with Gasteiger partial charge in [-0.3, -0.25) is 14.5 Å². The molecule has 8 heteroatoms. The van der Waals surface area contributed by atoms with Crippen LogP contribution < -0.4 is 0 Å². The van der Waals surface area contributed by atoms with Gasteiger partial charge in [-0.1, -0.05) is 24.0 Å². The van der Waals surface area contributed by atoms with Crippen molar-refractivity contribution in [3.05, 3.63) is 21.0 Å². The van der Waals surface area contributed by atoms with Gasteiger partial charge >= 0.3 is 5.97 Å². The smallest absolute Gasteiger partial charge is 0.305 e. The van der Waals surface area contributed by atoms with Crippen LogP contribution in [0.3, 0.4) is 0 Å². The topological polar surface area (TPSA) is 70.5 Å². The van der Waals surface area contributed by atoms with E-state index in [0.29, 0.717) is 9.23 Å². The summed E-state index contributed by atoms with van der Waals surface area (Å²) >= 11 is 7.77. The quantitative estimate of drug-likeness (QED) is 0.678. The van der Waals surface area contributed by atoms with Gasteiger partial charge in [0.1, 0.15) is 4.32 Å². The number of carboxylic acids is 1. The van der Waals surface area contributed by atoms with Gasteiger partial charge in [0.05, 0.1) is 22.0 Å². The molecule has 1 saturated heterocycles. The van der Waals surface area contributed by atoms with E-state index >= 15 is 0 Å². The number of carbonyl (C=O) groups excluding carboxylic acids is 1. The zero-order valence-electron chi connectivity index (χ0n) is 9.95. The number of hydrogen-bond donors (Lipinski definition) is 1. The van der Waals surface area contributed by atoms with E-state index in [0.717, 1.165) is 10.7 Å². The minimum Gasteiger partial charge on any atom is -0.481 e. The Morgan fingerprint density at radius 2 is 2.37 bits per heavy atom. The zero-order valence-corrected chi connectivity index (χ0v) is 12.4. The van der Waals surface area contributed by atoms with Crippen LogP contribution in [0.15, 0.2) is 10.3 Å². The molecule has 0 radical (unpaired) electrons. The Kier molecular flexibility index (Phi) is 4.33. The number of aliphatic carboxylic acids is 1. The lowest BCUT2D eigenvalue weighted by Gasteiger charge is -2.12. The van der Waals surface area contributed by atoms with Crippen molar-refractivity contribution in [3.8, 4) is 0 Å². The summed E-state index contributed by atoms with van der Waals surface area (Å²) in [4.78, 5) is 28.7. The van der Waals surface area contributed by atoms with Crippen LogP contribution in [0, 0.1) is 6.92 Å². The van der Waals surface area contributed by atoms with E-state index in [4.69, 9.17) is 17.3 Å². The standard InChI is InChI=1S/C11H10N2O3S3/c1-6-12-7(5-18-6)4-8-10(16)13(11(17)19-8)3-2-9(14)15/h4-5H,2-3H2,1H3,(H,14,15)/b8-4-. The monoisotopic (exact) mass is 314 g/mol. The van der Waals surface area contributed by atoms with Gasteiger partial charge in [0.25, 0.3) is 5.91 Å². The lowest BCUT2D eigenvalue weighted by atomic mass is 10.3. The van der Waals surface area contributed by atoms with Crippen LogP contribution in [0.25, 0.3) is 6.08 Å². The minimum atomic E-state index is -0.951. The predicted molar refractivity (Wildman–Crippen MR) is 79.0 cm³/mol. The molecule has 0 atom stereocenters. The fraction of sp³-hybridized carbons (Fsp3) is 0.273. The minimum absolute atomic E-state index is 0.105. The van der Waals surface area contributed by atoms with Crippen molar-refractivity contribution in [1.82, 2.24) is 9.88 Å². The maximum atomic E-state index is 12.1. The van der Waals surface area contributed by atoms with Crippen molar-refractivity contribution in [3.63, 3.8) is 0 Å². The van der Waals surface area contributed by atoms with Crippen molar-refractivity contribution in [1.29, 1.82) is 0 Å². The molecule has 1 fully saturated rings. The first-order chi connectivity index (χ1) is 8.97. The number of rotatable bonds is 4. The number of thiocarbonyl (C=S) groups is 1. The molecule has 2 heterocycles. The summed E-state index contributed by atoms with van der Waals surface area (Å²) in [5, 5.41) is 11.4. The molecule has 0 aliphatic carbocycles. The summed E-state index contributed by atoms with van der Waals surface area (Å²) in [6, 6.07) is 0. The number of nitrogens with zero attached hydrogens (tertiary/aromatic N) is 2. The van der Waals surface area contributed by atoms with E-state index in [-0.39, 0.29) is 18.9 Å². The van der Waals surface area contributed by atoms with E-state index in [1.807, 2.05) is 12.3 Å². The van der Waals surface area contributed by atoms with Crippen LogP contribution in [0.1, 0.15) is 17.1 Å². The number of carbonyl (C=O) groups is 2. The van der Waals surface area contributed by atoms with Gasteiger partial charge in [-0.05, 0) is 13.0 Å². The van der Waals surface area contributed by atoms with Gasteiger partial charge in [-0.15, -0.1) is 11.3 Å². The number of aryl methyl sites for hydroxylation is 1. The van der Waals surface area contributed by atoms with Crippen molar-refractivity contribution in [2.45, 2.75) is 13.3 Å². The molecule has 1 aliphatic rings. The SMILES string of the molecule is Cc1nc(/C=C2\SC(=S)N(CCC(=O)O)C2=O)cs1. The molecule has 0 spiro atoms. The summed E-state index contributed by atoms with van der Waals surface area (Å²) in [6.45, 7) is 1.99. The third-order valence-electron chi connectivity index (χ3n) is 2.34. The normalized spacial score (nSPS) is 17.5. The lowest BCUT2D eigenvalue weighted by Crippen LogP contribution is -2.30. The van der Waals surface area contributed by atoms with Crippen LogP contribution in [-0.2, 0) is 9.59 Å². The molecule has 19 heavy (non-hydrogen) atoms. The first-order valence-electron chi connectivity index (χ1n) is 5.36. The highest BCUT2D eigenvalue weighted by molar-refractivity contribution is 8.26. The molecular formula is C11H10N2O3S3. The molecule has 100 valence electrons. The number of amides is 1. The van der Waals surface area contributed by atoms with Crippen molar-refractivity contribution in [2.24, 2.45) is 0 Å². The highest BCUT2D eigenvalue weighted by Gasteiger charge is 2.32. The molecule has 1 aliphatic heterocycles. The summed E-state index contributed by atoms with van der Waals surface area (Å²) < 4.78 is 0.393. The van der Waals surface area contributed by atoms with Gasteiger partial charge in [0.15, 0.2) is 0 Å². The predicted octanol–water partition coefficient (Wildman–Crippen LogP) is 2.13. The molecular weight excluding hydrogens is 304 g/mol. The van der Waals surface area contributed by atoms with E-state index in [9.17, 15) is 9.59 Å². The molecule has 1 N–H and O–H groups in total. The maximum Gasteiger partial charge on any atom is 0.305 e. The molecule has 0 saturated carbocycles. The summed E-state index contributed by atoms with van der Waals surface area (Å²) in [5.74, 6) is -1.20. The Labute approximate surface area is 123 Å². The molecule has 2 rings (SSSR count). The highest BCUT2D eigenvalue weighted by Crippen LogP contribution is 2.32. The van der Waals surface area contributed by atoms with Crippen molar-refractivity contribution < 1.29 is 14.7 Å². The van der Waals surface area contributed by atoms with Gasteiger partial charge < -0.3 is 5.11 Å². The third kappa shape index (κ3) is 3.40. The van der Waals surface area contributed by atoms with E-state index in [1.165, 1.54) is 28.0 Å². The number of thioether (sulfide) groups is 1. The van der Waals surface area contributed by atoms with E-state index in [1.54, 1.807) is 6.08 Å². The second-order valence-electron chi connectivity index (χ2n) is 3.77. The molecule has 0 aromatic carbocycles. The average molecular weight is 314 g/mol. The van der Waals surface area contributed by atoms with Crippen molar-refractivity contribution >= 4 is 57.6 Å². The number of carboxylic acid groups (broad SMARTS) is 1. The number of thiazole rings is 1. The molecule has 1 aromatic rings. The van der Waals surface area contributed by atoms with Gasteiger partial charge in [0.2, 0.25) is 0 Å². The van der Waals surface area contributed by atoms with Crippen LogP contribution in [0.4, 0.5) is 0 Å². The summed E-state index contributed by atoms with van der Waals surface area (Å²) in [7, 11) is 0. The van der Waals surface area contributed by atoms with Crippen LogP contribution in [-0.4, -0.2) is 37.7 Å². The molecule has 1 amide bonds. The lowest BCUT2D eigenvalue weighted by molar-refractivity contribution is -0.137. The second-order valence-corrected chi connectivity index (χ2v) is 6.51. The molecule has 5 nitrogen and oxygen atoms in total. The van der Waals surface area contributed by atoms with Gasteiger partial charge in [0, 0.05) is 11.9 Å². The Morgan fingerprint density at radius 1 is 1.63 bits per heavy atom. The van der Waals surface area contributed by atoms with E-state index in [2.05, 4.69) is 4.98 Å². The Balaban J connectivity index is 2.13. The van der Waals surface area contributed by atoms with E-state index < -0.39 is 5.97 Å². The molecule has 0 unspecified atom stereocenters. The van der Waals surface area contributed by atoms with Gasteiger partial charge in [-0.2, -0.15) is 0 Å². The molecule has 1 aromatic heterocycles. The fourth-order valence-electron chi connectivity index (χ4n) is 1.48. The fourth-order valence-corrected chi connectivity index (χ4v) is 3.34. The first-order valence-corrected chi connectivity index (χ1v) is 7.47. The summed E-state index contributed by atoms with van der Waals surface area (Å²) in [6.07, 6.45) is 1.57. The number of aromatic nitrogens is 1. The first kappa shape index (κ1) is 14.2. The number of hydrogen-bond acceptors (Lipinski definition) is 6. The Hall–Kier alpha value is -1.25. The largest absolute Gasteiger partial charge is 0.481 e. The average Bonchev–Trinajstić information content (AvgIpc) is 2.83. The second kappa shape index (κ2) is 5.81. The van der Waals surface area contributed by atoms with Gasteiger partial charge in [-0.25, -0.2) is 4.98 Å². The maximum absolute atomic E-state index is 12.1. The third-order valence-corrected chi connectivity index (χ3v) is 4.51. The van der Waals surface area contributed by atoms with Crippen LogP contribution in [0.5, 0.6) is 0 Å². The van der Waals surface area contributed by atoms with Crippen LogP contribution >= 0.6 is 35.3 Å². The summed E-state index contributed by atoms with van der Waals surface area (Å²) in [5.41, 5.74) is 0.723. The zero-order chi connectivity index (χ0) is 14.0. The Bertz CT molecular complexity index is 579. The Morgan fingerprint density at radius 3 is 2.95 bits per heavy atom. The molecule has 0 bridgehead atoms. The van der Waals surface area contributed by atoms with Crippen molar-refractivity contribution in [2.75, 3.05) is 6.54 Å².